The third kappa shape index (κ3) is 20.4. The molecule has 7 N–H and O–H groups in total. The molecule has 478 valence electrons. The van der Waals surface area contributed by atoms with Crippen LogP contribution in [0.15, 0.2) is 70.9 Å². The normalized spacial score (nSPS) is 15.4. The highest BCUT2D eigenvalue weighted by molar-refractivity contribution is 8.00. The van der Waals surface area contributed by atoms with Gasteiger partial charge in [0, 0.05) is 86.5 Å². The van der Waals surface area contributed by atoms with E-state index in [1.54, 1.807) is 13.2 Å². The number of anilines is 1. The van der Waals surface area contributed by atoms with E-state index in [1.165, 1.54) is 63.4 Å². The molecular weight excluding hydrogens is 1250 g/mol. The first-order valence-corrected chi connectivity index (χ1v) is 32.3. The molecule has 3 aromatic carbocycles. The van der Waals surface area contributed by atoms with Gasteiger partial charge in [0.25, 0.3) is 5.92 Å². The molecule has 16 nitrogen and oxygen atoms in total. The molecule has 2 amide bonds. The second-order valence-electron chi connectivity index (χ2n) is 20.6. The monoisotopic (exact) mass is 1320 g/mol. The lowest BCUT2D eigenvalue weighted by molar-refractivity contribution is -0.141. The summed E-state index contributed by atoms with van der Waals surface area (Å²) in [6.07, 6.45) is -10.6. The van der Waals surface area contributed by atoms with E-state index in [4.69, 9.17) is 21.9 Å². The van der Waals surface area contributed by atoms with Crippen molar-refractivity contribution in [2.75, 3.05) is 23.4 Å². The Hall–Kier alpha value is -5.18. The molecule has 1 saturated carbocycles. The number of carbonyl (C=O) groups excluding carboxylic acids is 2. The molecule has 1 unspecified atom stereocenters. The second kappa shape index (κ2) is 30.4. The number of aromatic nitrogens is 3. The lowest BCUT2D eigenvalue weighted by atomic mass is 9.78. The summed E-state index contributed by atoms with van der Waals surface area (Å²) in [6, 6.07) is 8.81. The second-order valence-corrected chi connectivity index (χ2v) is 26.1. The summed E-state index contributed by atoms with van der Waals surface area (Å²) < 4.78 is 173. The zero-order valence-corrected chi connectivity index (χ0v) is 53.4. The van der Waals surface area contributed by atoms with E-state index in [2.05, 4.69) is 20.4 Å². The summed E-state index contributed by atoms with van der Waals surface area (Å²) in [5.74, 6) is -8.98. The highest BCUT2D eigenvalue weighted by atomic mass is 35.5. The van der Waals surface area contributed by atoms with Crippen molar-refractivity contribution in [3.8, 4) is 16.9 Å². The Balaban J connectivity index is 0.00000162. The lowest BCUT2D eigenvalue weighted by Crippen LogP contribution is -2.34. The maximum Gasteiger partial charge on any atom is 0.524 e. The number of fused-ring (bicyclic) bond motifs is 1. The Labute approximate surface area is 505 Å². The van der Waals surface area contributed by atoms with Gasteiger partial charge in [0.1, 0.15) is 41.9 Å². The topological polar surface area (TPSA) is 243 Å². The van der Waals surface area contributed by atoms with Crippen LogP contribution in [0, 0.1) is 25.5 Å². The van der Waals surface area contributed by atoms with E-state index in [0.717, 1.165) is 16.4 Å². The van der Waals surface area contributed by atoms with Crippen LogP contribution in [0.5, 0.6) is 5.75 Å². The van der Waals surface area contributed by atoms with Crippen LogP contribution in [-0.2, 0) is 49.5 Å². The number of hydrogen-bond donors (Lipinski definition) is 6. The van der Waals surface area contributed by atoms with E-state index in [0.29, 0.717) is 28.3 Å². The number of allylic oxidation sites excluding steroid dienone is 2. The molecule has 0 radical (unpaired) electrons. The minimum atomic E-state index is -5.27. The van der Waals surface area contributed by atoms with Gasteiger partial charge < -0.3 is 25.4 Å². The molecule has 2 aromatic heterocycles. The molecule has 0 bridgehead atoms. The Bertz CT molecular complexity index is 3350. The summed E-state index contributed by atoms with van der Waals surface area (Å²) in [7, 11) is -8.61. The van der Waals surface area contributed by atoms with E-state index in [9.17, 15) is 81.8 Å². The van der Waals surface area contributed by atoms with Crippen molar-refractivity contribution in [1.29, 1.82) is 0 Å². The number of rotatable bonds is 17. The van der Waals surface area contributed by atoms with Gasteiger partial charge in [0.2, 0.25) is 11.8 Å². The van der Waals surface area contributed by atoms with Crippen molar-refractivity contribution in [2.24, 2.45) is 10.7 Å². The van der Waals surface area contributed by atoms with Crippen molar-refractivity contribution in [3.63, 3.8) is 0 Å². The minimum absolute atomic E-state index is 0.00660. The van der Waals surface area contributed by atoms with Crippen LogP contribution in [-0.4, -0.2) is 98.2 Å². The van der Waals surface area contributed by atoms with Gasteiger partial charge in [0.15, 0.2) is 14.2 Å². The van der Waals surface area contributed by atoms with Crippen molar-refractivity contribution in [1.82, 2.24) is 20.1 Å². The Morgan fingerprint density at radius 1 is 0.965 bits per heavy atom. The number of nitrogens with zero attached hydrogens (tertiary/aromatic N) is 5. The summed E-state index contributed by atoms with van der Waals surface area (Å²) in [5.41, 5.74) is -0.710. The maximum absolute atomic E-state index is 15.0. The van der Waals surface area contributed by atoms with Crippen LogP contribution in [0.2, 0.25) is 5.02 Å². The first-order chi connectivity index (χ1) is 39.5. The fourth-order valence-electron chi connectivity index (χ4n) is 8.85. The summed E-state index contributed by atoms with van der Waals surface area (Å²) in [4.78, 5) is 76.1. The number of benzene rings is 3. The minimum Gasteiger partial charge on any atom is -0.404 e. The van der Waals surface area contributed by atoms with Gasteiger partial charge in [-0.2, -0.15) is 40.2 Å². The summed E-state index contributed by atoms with van der Waals surface area (Å²) in [6.45, 7) is 16.8. The van der Waals surface area contributed by atoms with E-state index in [-0.39, 0.29) is 59.9 Å². The number of aliphatic imine (C=N–C) groups is 1. The van der Waals surface area contributed by atoms with Crippen LogP contribution in [0.25, 0.3) is 22.0 Å². The quantitative estimate of drug-likeness (QED) is 0.0289. The molecule has 2 atom stereocenters. The van der Waals surface area contributed by atoms with Gasteiger partial charge in [0.05, 0.1) is 27.7 Å². The van der Waals surface area contributed by atoms with Crippen LogP contribution in [0.4, 0.5) is 49.7 Å². The molecule has 6 rings (SSSR count). The fraction of sp³-hybridized carbons (Fsp3) is 0.473. The number of nitrogens with two attached hydrogens (primary N) is 1. The van der Waals surface area contributed by atoms with Crippen LogP contribution in [0.3, 0.4) is 0 Å². The van der Waals surface area contributed by atoms with Crippen molar-refractivity contribution >= 4 is 84.8 Å². The van der Waals surface area contributed by atoms with Crippen LogP contribution < -0.4 is 19.9 Å². The number of hydrogen-bond acceptors (Lipinski definition) is 12. The fourth-order valence-corrected chi connectivity index (χ4v) is 10.6. The Morgan fingerprint density at radius 2 is 1.53 bits per heavy atom. The van der Waals surface area contributed by atoms with E-state index in [1.807, 2.05) is 48.5 Å². The molecule has 31 heteroatoms. The third-order valence-electron chi connectivity index (χ3n) is 12.5. The number of nitrogens with one attached hydrogen (secondary N) is 1. The van der Waals surface area contributed by atoms with Crippen LogP contribution >= 0.6 is 39.7 Å². The van der Waals surface area contributed by atoms with E-state index >= 15 is 0 Å². The summed E-state index contributed by atoms with van der Waals surface area (Å²) in [5, 5.41) is 6.25. The maximum atomic E-state index is 15.0. The highest BCUT2D eigenvalue weighted by Gasteiger charge is 2.48. The summed E-state index contributed by atoms with van der Waals surface area (Å²) >= 11 is 7.49. The molecule has 0 saturated heterocycles. The largest absolute Gasteiger partial charge is 0.524 e. The molecule has 0 aliphatic heterocycles. The SMILES string of the molecule is CC.CC.CS(=O)C(C)(C)C.CSN(C(=O)CC(C)(C)c1c(CP(O)O)cc(C)cc1OP(=O)(O)O)c1nn(CC(F)(F)F)c2c(-c3ccc(C)nc3[C@H](Cc3cc(F)cc(F)c3)NC(=O)CN=C3/C(=C(\N)C(F)(F)F)CCC3(F)F)ccc(Cl)c12. The van der Waals surface area contributed by atoms with Gasteiger partial charge in [-0.15, -0.1) is 0 Å². The van der Waals surface area contributed by atoms with Crippen molar-refractivity contribution in [3.05, 3.63) is 116 Å². The highest BCUT2D eigenvalue weighted by Crippen LogP contribution is 2.49. The Morgan fingerprint density at radius 3 is 2.05 bits per heavy atom. The smallest absolute Gasteiger partial charge is 0.404 e. The molecule has 5 aromatic rings. The van der Waals surface area contributed by atoms with Gasteiger partial charge in [-0.1, -0.05) is 71.3 Å². The average molecular weight is 1320 g/mol. The predicted molar refractivity (Wildman–Crippen MR) is 318 cm³/mol. The number of carbonyl (C=O) groups is 2. The van der Waals surface area contributed by atoms with E-state index < -0.39 is 154 Å². The van der Waals surface area contributed by atoms with Gasteiger partial charge in [-0.25, -0.2) is 17.7 Å². The number of phosphoric ester groups is 1. The average Bonchev–Trinajstić information content (AvgIpc) is 1.80. The third-order valence-corrected chi connectivity index (χ3v) is 16.3. The molecule has 0 spiro atoms. The number of phosphoric acid groups is 1. The Kier molecular flexibility index (Phi) is 26.5. The van der Waals surface area contributed by atoms with Gasteiger partial charge in [-0.05, 0) is 106 Å². The van der Waals surface area contributed by atoms with Crippen molar-refractivity contribution < 1.29 is 86.4 Å². The first kappa shape index (κ1) is 75.1. The zero-order valence-electron chi connectivity index (χ0n) is 49.2. The molecule has 1 aliphatic rings. The van der Waals surface area contributed by atoms with Crippen molar-refractivity contribution in [2.45, 2.75) is 149 Å². The molecule has 1 aliphatic carbocycles. The predicted octanol–water partition coefficient (Wildman–Crippen LogP) is 13.7. The number of pyridine rings is 1. The lowest BCUT2D eigenvalue weighted by Gasteiger charge is -2.31. The number of halogens is 11. The molecular formula is C55H70ClF10N7O9P2S2. The molecule has 2 heterocycles. The molecule has 1 fully saturated rings. The number of aryl methyl sites for hydroxylation is 2. The number of alkyl halides is 8. The first-order valence-electron chi connectivity index (χ1n) is 26.3. The number of amides is 2. The van der Waals surface area contributed by atoms with Gasteiger partial charge in [-0.3, -0.25) is 38.2 Å². The molecule has 86 heavy (non-hydrogen) atoms. The van der Waals surface area contributed by atoms with Gasteiger partial charge >= 0.3 is 20.2 Å². The standard InChI is InChI=1S/C46H46ClF10N7O8P2S.C5H12OS.2C2H6/c1-22-12-25(20-73(67)68)37(33(13-22)72-74(69,70)71)43(3,4)18-35(66)64(75-5)42-36-31(47)9-8-29(39(36)63(62-42)21-45(52,53)54)28-7-6-23(2)60-38(28)32(16-24-14-26(48)17-27(49)15-24)61-34(65)19-59-41-30(10-11-44(41,50)51)40(58)46(55,56)57;1-5(2,3)7(4)6;2*1-2/h6-9,12-15,17,32,67-68H,10-11,16,18-21,58H2,1-5H3,(H,61,65)(H2,69,70,71);1-4H3;2*1-2H3/b40-30-,59-41?;;;/t32-;;;/m0.../s1. The van der Waals surface area contributed by atoms with Crippen LogP contribution in [0.1, 0.15) is 121 Å². The zero-order chi connectivity index (χ0) is 66.0.